The summed E-state index contributed by atoms with van der Waals surface area (Å²) in [7, 11) is 1.45. The number of nitrogens with zero attached hydrogens (tertiary/aromatic N) is 2. The summed E-state index contributed by atoms with van der Waals surface area (Å²) in [6, 6.07) is 6.68. The second-order valence-electron chi connectivity index (χ2n) is 6.45. The molecule has 1 aliphatic heterocycles. The van der Waals surface area contributed by atoms with Gasteiger partial charge in [0.05, 0.1) is 24.2 Å². The molecular formula is C18H22N2O5. The molecule has 0 saturated carbocycles. The number of amides is 1. The summed E-state index contributed by atoms with van der Waals surface area (Å²) in [5.41, 5.74) is -0.472. The lowest BCUT2D eigenvalue weighted by Gasteiger charge is -2.28. The van der Waals surface area contributed by atoms with Crippen molar-refractivity contribution in [3.05, 3.63) is 23.8 Å². The van der Waals surface area contributed by atoms with Gasteiger partial charge in [0, 0.05) is 19.2 Å². The van der Waals surface area contributed by atoms with Crippen molar-refractivity contribution in [2.75, 3.05) is 26.8 Å². The third-order valence-electron chi connectivity index (χ3n) is 4.83. The van der Waals surface area contributed by atoms with Crippen LogP contribution >= 0.6 is 0 Å². The zero-order valence-electron chi connectivity index (χ0n) is 14.6. The fourth-order valence-corrected chi connectivity index (χ4v) is 3.03. The highest BCUT2D eigenvalue weighted by Gasteiger charge is 2.48. The van der Waals surface area contributed by atoms with Gasteiger partial charge in [-0.15, -0.1) is 0 Å². The number of likely N-dealkylation sites (tertiary alicyclic amines) is 1. The number of aliphatic carboxylic acids is 1. The van der Waals surface area contributed by atoms with Gasteiger partial charge in [-0.1, -0.05) is 13.8 Å². The van der Waals surface area contributed by atoms with E-state index < -0.39 is 11.4 Å². The second kappa shape index (κ2) is 7.43. The molecule has 1 amide bonds. The van der Waals surface area contributed by atoms with Crippen LogP contribution in [0.1, 0.15) is 25.8 Å². The van der Waals surface area contributed by atoms with Crippen LogP contribution in [0.4, 0.5) is 0 Å². The smallest absolute Gasteiger partial charge is 0.311 e. The summed E-state index contributed by atoms with van der Waals surface area (Å²) in [5, 5.41) is 18.4. The van der Waals surface area contributed by atoms with Crippen molar-refractivity contribution in [2.24, 2.45) is 11.3 Å². The summed E-state index contributed by atoms with van der Waals surface area (Å²) in [4.78, 5) is 25.6. The molecule has 0 bridgehead atoms. The Balaban J connectivity index is 2.02. The van der Waals surface area contributed by atoms with E-state index in [1.54, 1.807) is 12.1 Å². The first-order chi connectivity index (χ1) is 11.8. The SMILES string of the molecule is COc1cc(C#N)ccc1OCC(=O)N1CCC(C(=O)O)(C(C)C)C1. The molecule has 134 valence electrons. The van der Waals surface area contributed by atoms with Crippen molar-refractivity contribution in [2.45, 2.75) is 20.3 Å². The van der Waals surface area contributed by atoms with E-state index in [-0.39, 0.29) is 25.0 Å². The molecule has 1 aromatic carbocycles. The number of benzene rings is 1. The lowest BCUT2D eigenvalue weighted by Crippen LogP contribution is -2.41. The van der Waals surface area contributed by atoms with Crippen molar-refractivity contribution < 1.29 is 24.2 Å². The Morgan fingerprint density at radius 2 is 2.12 bits per heavy atom. The summed E-state index contributed by atoms with van der Waals surface area (Å²) >= 11 is 0. The van der Waals surface area contributed by atoms with E-state index in [9.17, 15) is 14.7 Å². The minimum absolute atomic E-state index is 0.0673. The van der Waals surface area contributed by atoms with E-state index in [0.29, 0.717) is 30.0 Å². The molecule has 1 unspecified atom stereocenters. The number of rotatable bonds is 6. The maximum atomic E-state index is 12.4. The third-order valence-corrected chi connectivity index (χ3v) is 4.83. The lowest BCUT2D eigenvalue weighted by molar-refractivity contribution is -0.151. The molecule has 1 atom stereocenters. The first kappa shape index (κ1) is 18.6. The minimum atomic E-state index is -0.901. The highest BCUT2D eigenvalue weighted by molar-refractivity contribution is 5.81. The van der Waals surface area contributed by atoms with Gasteiger partial charge in [-0.05, 0) is 24.5 Å². The molecule has 1 aromatic rings. The Bertz CT molecular complexity index is 710. The van der Waals surface area contributed by atoms with Crippen LogP contribution in [0.15, 0.2) is 18.2 Å². The number of hydrogen-bond donors (Lipinski definition) is 1. The molecule has 0 radical (unpaired) electrons. The van der Waals surface area contributed by atoms with Crippen molar-refractivity contribution in [3.63, 3.8) is 0 Å². The first-order valence-electron chi connectivity index (χ1n) is 8.06. The number of ether oxygens (including phenoxy) is 2. The van der Waals surface area contributed by atoms with E-state index in [1.165, 1.54) is 18.1 Å². The molecular weight excluding hydrogens is 324 g/mol. The fourth-order valence-electron chi connectivity index (χ4n) is 3.03. The predicted octanol–water partition coefficient (Wildman–Crippen LogP) is 1.90. The van der Waals surface area contributed by atoms with Crippen molar-refractivity contribution >= 4 is 11.9 Å². The van der Waals surface area contributed by atoms with Gasteiger partial charge in [0.1, 0.15) is 0 Å². The molecule has 7 heteroatoms. The van der Waals surface area contributed by atoms with Gasteiger partial charge >= 0.3 is 5.97 Å². The molecule has 1 saturated heterocycles. The maximum absolute atomic E-state index is 12.4. The van der Waals surface area contributed by atoms with Gasteiger partial charge in [-0.25, -0.2) is 0 Å². The number of carbonyl (C=O) groups is 2. The van der Waals surface area contributed by atoms with Gasteiger partial charge in [0.25, 0.3) is 5.91 Å². The number of carbonyl (C=O) groups excluding carboxylic acids is 1. The van der Waals surface area contributed by atoms with Crippen LogP contribution in [0, 0.1) is 22.7 Å². The van der Waals surface area contributed by atoms with Crippen LogP contribution in [0.25, 0.3) is 0 Å². The highest BCUT2D eigenvalue weighted by Crippen LogP contribution is 2.38. The van der Waals surface area contributed by atoms with Crippen LogP contribution in [-0.4, -0.2) is 48.7 Å². The quantitative estimate of drug-likeness (QED) is 0.844. The fraction of sp³-hybridized carbons (Fsp3) is 0.500. The Kier molecular flexibility index (Phi) is 5.52. The highest BCUT2D eigenvalue weighted by atomic mass is 16.5. The number of carboxylic acid groups (broad SMARTS) is 1. The Morgan fingerprint density at radius 3 is 2.64 bits per heavy atom. The lowest BCUT2D eigenvalue weighted by atomic mass is 9.76. The molecule has 0 spiro atoms. The van der Waals surface area contributed by atoms with E-state index in [4.69, 9.17) is 14.7 Å². The molecule has 7 nitrogen and oxygen atoms in total. The van der Waals surface area contributed by atoms with E-state index in [2.05, 4.69) is 0 Å². The standard InChI is InChI=1S/C18H22N2O5/c1-12(2)18(17(22)23)6-7-20(11-18)16(21)10-25-14-5-4-13(9-19)8-15(14)24-3/h4-5,8,12H,6-7,10-11H2,1-3H3,(H,22,23). The van der Waals surface area contributed by atoms with Crippen LogP contribution in [0.5, 0.6) is 11.5 Å². The second-order valence-corrected chi connectivity index (χ2v) is 6.45. The molecule has 25 heavy (non-hydrogen) atoms. The van der Waals surface area contributed by atoms with Crippen molar-refractivity contribution in [3.8, 4) is 17.6 Å². The van der Waals surface area contributed by atoms with Crippen molar-refractivity contribution in [1.82, 2.24) is 4.90 Å². The number of carboxylic acids is 1. The predicted molar refractivity (Wildman–Crippen MR) is 89.3 cm³/mol. The zero-order chi connectivity index (χ0) is 18.6. The summed E-state index contributed by atoms with van der Waals surface area (Å²) in [5.74, 6) is -0.470. The van der Waals surface area contributed by atoms with Crippen LogP contribution in [0.2, 0.25) is 0 Å². The van der Waals surface area contributed by atoms with Crippen LogP contribution < -0.4 is 9.47 Å². The Hall–Kier alpha value is -2.75. The van der Waals surface area contributed by atoms with Gasteiger partial charge in [-0.3, -0.25) is 9.59 Å². The molecule has 0 aromatic heterocycles. The molecule has 1 aliphatic rings. The van der Waals surface area contributed by atoms with Gasteiger partial charge in [-0.2, -0.15) is 5.26 Å². The average molecular weight is 346 g/mol. The Morgan fingerprint density at radius 1 is 1.40 bits per heavy atom. The maximum Gasteiger partial charge on any atom is 0.311 e. The third kappa shape index (κ3) is 3.68. The van der Waals surface area contributed by atoms with Crippen LogP contribution in [0.3, 0.4) is 0 Å². The van der Waals surface area contributed by atoms with Gasteiger partial charge in [0.15, 0.2) is 18.1 Å². The number of hydrogen-bond acceptors (Lipinski definition) is 5. The minimum Gasteiger partial charge on any atom is -0.493 e. The Labute approximate surface area is 146 Å². The van der Waals surface area contributed by atoms with E-state index in [1.807, 2.05) is 19.9 Å². The van der Waals surface area contributed by atoms with Gasteiger partial charge in [0.2, 0.25) is 0 Å². The van der Waals surface area contributed by atoms with Gasteiger partial charge < -0.3 is 19.5 Å². The first-order valence-corrected chi connectivity index (χ1v) is 8.06. The molecule has 0 aliphatic carbocycles. The zero-order valence-corrected chi connectivity index (χ0v) is 14.6. The molecule has 1 fully saturated rings. The van der Waals surface area contributed by atoms with Crippen molar-refractivity contribution in [1.29, 1.82) is 5.26 Å². The molecule has 1 heterocycles. The average Bonchev–Trinajstić information content (AvgIpc) is 3.06. The largest absolute Gasteiger partial charge is 0.493 e. The van der Waals surface area contributed by atoms with E-state index in [0.717, 1.165) is 0 Å². The summed E-state index contributed by atoms with van der Waals surface area (Å²) < 4.78 is 10.7. The number of nitriles is 1. The monoisotopic (exact) mass is 346 g/mol. The number of methoxy groups -OCH3 is 1. The molecule has 1 N–H and O–H groups in total. The molecule has 2 rings (SSSR count). The summed E-state index contributed by atoms with van der Waals surface area (Å²) in [6.07, 6.45) is 0.436. The van der Waals surface area contributed by atoms with E-state index >= 15 is 0 Å². The van der Waals surface area contributed by atoms with Crippen LogP contribution in [-0.2, 0) is 9.59 Å². The topological polar surface area (TPSA) is 99.9 Å². The normalized spacial score (nSPS) is 19.6. The summed E-state index contributed by atoms with van der Waals surface area (Å²) in [6.45, 7) is 4.10.